The Balaban J connectivity index is 1.66. The van der Waals surface area contributed by atoms with E-state index in [9.17, 15) is 18.0 Å². The lowest BCUT2D eigenvalue weighted by atomic mass is 10.0. The molecule has 0 radical (unpaired) electrons. The van der Waals surface area contributed by atoms with Crippen LogP contribution in [0.3, 0.4) is 0 Å². The van der Waals surface area contributed by atoms with Crippen LogP contribution in [0.4, 0.5) is 5.69 Å². The fraction of sp³-hybridized carbons (Fsp3) is 0.263. The van der Waals surface area contributed by atoms with Gasteiger partial charge in [-0.2, -0.15) is 4.31 Å². The number of amides is 1. The van der Waals surface area contributed by atoms with Crippen molar-refractivity contribution in [1.82, 2.24) is 4.31 Å². The van der Waals surface area contributed by atoms with Crippen LogP contribution < -0.4 is 5.32 Å². The van der Waals surface area contributed by atoms with Gasteiger partial charge in [-0.3, -0.25) is 9.59 Å². The standard InChI is InChI=1S/C19H18N2O4S/c22-18-12-14-11-15(8-9-16(14)20-18)26(24,25)21-10-4-7-17(21)19(23)13-5-2-1-3-6-13/h1-3,5-6,8-9,11,17H,4,7,10,12H2,(H,20,22). The van der Waals surface area contributed by atoms with E-state index in [4.69, 9.17) is 0 Å². The van der Waals surface area contributed by atoms with Gasteiger partial charge in [0.2, 0.25) is 15.9 Å². The minimum Gasteiger partial charge on any atom is -0.326 e. The van der Waals surface area contributed by atoms with Gasteiger partial charge in [-0.25, -0.2) is 8.42 Å². The third kappa shape index (κ3) is 2.83. The highest BCUT2D eigenvalue weighted by molar-refractivity contribution is 7.89. The maximum atomic E-state index is 13.1. The molecule has 2 heterocycles. The number of carbonyl (C=O) groups excluding carboxylic acids is 2. The van der Waals surface area contributed by atoms with Crippen LogP contribution in [-0.4, -0.2) is 37.0 Å². The van der Waals surface area contributed by atoms with Gasteiger partial charge in [-0.1, -0.05) is 30.3 Å². The number of anilines is 1. The first-order valence-corrected chi connectivity index (χ1v) is 9.95. The number of nitrogens with one attached hydrogen (secondary N) is 1. The molecular weight excluding hydrogens is 352 g/mol. The van der Waals surface area contributed by atoms with Crippen LogP contribution in [0.5, 0.6) is 0 Å². The summed E-state index contributed by atoms with van der Waals surface area (Å²) in [6.07, 6.45) is 1.33. The molecule has 0 saturated carbocycles. The Bertz CT molecular complexity index is 986. The Morgan fingerprint density at radius 3 is 2.65 bits per heavy atom. The fourth-order valence-corrected chi connectivity index (χ4v) is 5.29. The zero-order chi connectivity index (χ0) is 18.3. The van der Waals surface area contributed by atoms with Crippen LogP contribution in [0.15, 0.2) is 53.4 Å². The van der Waals surface area contributed by atoms with Crippen LogP contribution in [0.2, 0.25) is 0 Å². The SMILES string of the molecule is O=C1Cc2cc(S(=O)(=O)N3CCCC3C(=O)c3ccccc3)ccc2N1. The third-order valence-electron chi connectivity index (χ3n) is 4.87. The van der Waals surface area contributed by atoms with Gasteiger partial charge >= 0.3 is 0 Å². The van der Waals surface area contributed by atoms with E-state index in [1.807, 2.05) is 6.07 Å². The first-order chi connectivity index (χ1) is 12.5. The lowest BCUT2D eigenvalue weighted by molar-refractivity contribution is -0.115. The van der Waals surface area contributed by atoms with Crippen LogP contribution in [0.1, 0.15) is 28.8 Å². The van der Waals surface area contributed by atoms with Gasteiger partial charge < -0.3 is 5.32 Å². The first-order valence-electron chi connectivity index (χ1n) is 8.51. The topological polar surface area (TPSA) is 83.6 Å². The number of hydrogen-bond donors (Lipinski definition) is 1. The predicted molar refractivity (Wildman–Crippen MR) is 96.5 cm³/mol. The quantitative estimate of drug-likeness (QED) is 0.837. The number of carbonyl (C=O) groups is 2. The summed E-state index contributed by atoms with van der Waals surface area (Å²) in [4.78, 5) is 24.4. The van der Waals surface area contributed by atoms with E-state index in [0.717, 1.165) is 0 Å². The average molecular weight is 370 g/mol. The normalized spacial score (nSPS) is 20.0. The van der Waals surface area contributed by atoms with Gasteiger partial charge in [0.05, 0.1) is 17.4 Å². The monoisotopic (exact) mass is 370 g/mol. The van der Waals surface area contributed by atoms with E-state index < -0.39 is 16.1 Å². The predicted octanol–water partition coefficient (Wildman–Crippen LogP) is 2.22. The molecule has 1 atom stereocenters. The highest BCUT2D eigenvalue weighted by Gasteiger charge is 2.40. The second kappa shape index (κ2) is 6.34. The van der Waals surface area contributed by atoms with Crippen molar-refractivity contribution in [1.29, 1.82) is 0 Å². The number of fused-ring (bicyclic) bond motifs is 1. The van der Waals surface area contributed by atoms with E-state index in [1.54, 1.807) is 30.3 Å². The van der Waals surface area contributed by atoms with Gasteiger partial charge in [-0.05, 0) is 36.6 Å². The minimum absolute atomic E-state index is 0.125. The van der Waals surface area contributed by atoms with Gasteiger partial charge in [0.25, 0.3) is 0 Å². The third-order valence-corrected chi connectivity index (χ3v) is 6.78. The lowest BCUT2D eigenvalue weighted by Crippen LogP contribution is -2.40. The van der Waals surface area contributed by atoms with E-state index in [-0.39, 0.29) is 23.0 Å². The van der Waals surface area contributed by atoms with Crippen molar-refractivity contribution in [3.05, 3.63) is 59.7 Å². The van der Waals surface area contributed by atoms with Crippen molar-refractivity contribution in [2.24, 2.45) is 0 Å². The molecule has 26 heavy (non-hydrogen) atoms. The Labute approximate surface area is 151 Å². The summed E-state index contributed by atoms with van der Waals surface area (Å²) in [6.45, 7) is 0.319. The molecule has 1 amide bonds. The molecule has 2 aliphatic rings. The molecule has 2 aliphatic heterocycles. The zero-order valence-corrected chi connectivity index (χ0v) is 14.8. The van der Waals surface area contributed by atoms with Gasteiger partial charge in [0.15, 0.2) is 5.78 Å². The Morgan fingerprint density at radius 1 is 1.12 bits per heavy atom. The molecule has 0 aromatic heterocycles. The smallest absolute Gasteiger partial charge is 0.243 e. The highest BCUT2D eigenvalue weighted by atomic mass is 32.2. The largest absolute Gasteiger partial charge is 0.326 e. The fourth-order valence-electron chi connectivity index (χ4n) is 3.59. The molecule has 1 unspecified atom stereocenters. The Kier molecular flexibility index (Phi) is 4.13. The van der Waals surface area contributed by atoms with Gasteiger partial charge in [0, 0.05) is 17.8 Å². The second-order valence-electron chi connectivity index (χ2n) is 6.55. The molecule has 0 spiro atoms. The number of rotatable bonds is 4. The summed E-state index contributed by atoms with van der Waals surface area (Å²) in [5, 5.41) is 2.69. The Morgan fingerprint density at radius 2 is 1.88 bits per heavy atom. The summed E-state index contributed by atoms with van der Waals surface area (Å²) in [6, 6.07) is 12.7. The van der Waals surface area contributed by atoms with E-state index >= 15 is 0 Å². The molecule has 1 fully saturated rings. The molecule has 0 bridgehead atoms. The van der Waals surface area contributed by atoms with Crippen molar-refractivity contribution in [3.63, 3.8) is 0 Å². The van der Waals surface area contributed by atoms with E-state index in [1.165, 1.54) is 16.4 Å². The first kappa shape index (κ1) is 16.9. The molecule has 0 aliphatic carbocycles. The number of nitrogens with zero attached hydrogens (tertiary/aromatic N) is 1. The molecule has 2 aromatic carbocycles. The number of ketones is 1. The van der Waals surface area contributed by atoms with Crippen molar-refractivity contribution in [2.75, 3.05) is 11.9 Å². The van der Waals surface area contributed by atoms with Crippen molar-refractivity contribution in [2.45, 2.75) is 30.2 Å². The molecule has 6 nitrogen and oxygen atoms in total. The summed E-state index contributed by atoms with van der Waals surface area (Å²) < 4.78 is 27.6. The molecule has 134 valence electrons. The summed E-state index contributed by atoms with van der Waals surface area (Å²) in [5.41, 5.74) is 1.83. The van der Waals surface area contributed by atoms with Crippen molar-refractivity contribution in [3.8, 4) is 0 Å². The van der Waals surface area contributed by atoms with Crippen LogP contribution in [0.25, 0.3) is 0 Å². The molecule has 7 heteroatoms. The number of sulfonamides is 1. The summed E-state index contributed by atoms with van der Waals surface area (Å²) >= 11 is 0. The van der Waals surface area contributed by atoms with Crippen LogP contribution in [0, 0.1) is 0 Å². The van der Waals surface area contributed by atoms with Gasteiger partial charge in [-0.15, -0.1) is 0 Å². The highest BCUT2D eigenvalue weighted by Crippen LogP contribution is 2.31. The average Bonchev–Trinajstić information content (AvgIpc) is 3.27. The van der Waals surface area contributed by atoms with Gasteiger partial charge in [0.1, 0.15) is 0 Å². The molecule has 1 saturated heterocycles. The maximum Gasteiger partial charge on any atom is 0.243 e. The van der Waals surface area contributed by atoms with Crippen molar-refractivity contribution >= 4 is 27.4 Å². The number of benzene rings is 2. The minimum atomic E-state index is -3.81. The summed E-state index contributed by atoms with van der Waals surface area (Å²) in [5.74, 6) is -0.322. The molecule has 1 N–H and O–H groups in total. The molecular formula is C19H18N2O4S. The van der Waals surface area contributed by atoms with Crippen LogP contribution >= 0.6 is 0 Å². The number of hydrogen-bond acceptors (Lipinski definition) is 4. The second-order valence-corrected chi connectivity index (χ2v) is 8.44. The Hall–Kier alpha value is -2.51. The lowest BCUT2D eigenvalue weighted by Gasteiger charge is -2.23. The molecule has 4 rings (SSSR count). The van der Waals surface area contributed by atoms with Crippen LogP contribution in [-0.2, 0) is 21.2 Å². The molecule has 2 aromatic rings. The zero-order valence-electron chi connectivity index (χ0n) is 14.0. The number of Topliss-reactive ketones (excluding diaryl/α,β-unsaturated/α-hetero) is 1. The van der Waals surface area contributed by atoms with E-state index in [2.05, 4.69) is 5.32 Å². The summed E-state index contributed by atoms with van der Waals surface area (Å²) in [7, 11) is -3.81. The maximum absolute atomic E-state index is 13.1. The van der Waals surface area contributed by atoms with Crippen molar-refractivity contribution < 1.29 is 18.0 Å². The van der Waals surface area contributed by atoms with E-state index in [0.29, 0.717) is 36.2 Å².